The van der Waals surface area contributed by atoms with Gasteiger partial charge in [-0.05, 0) is 27.0 Å². The summed E-state index contributed by atoms with van der Waals surface area (Å²) in [5, 5.41) is 11.5. The maximum atomic E-state index is 7.90. The van der Waals surface area contributed by atoms with Gasteiger partial charge >= 0.3 is 0 Å². The zero-order chi connectivity index (χ0) is 14.0. The Morgan fingerprint density at radius 1 is 1.50 bits per heavy atom. The lowest BCUT2D eigenvalue weighted by Gasteiger charge is -2.20. The topological polar surface area (TPSA) is 61.0 Å². The van der Waals surface area contributed by atoms with Crippen LogP contribution in [0.1, 0.15) is 27.2 Å². The Labute approximate surface area is 109 Å². The van der Waals surface area contributed by atoms with Gasteiger partial charge in [-0.25, -0.2) is 4.99 Å². The van der Waals surface area contributed by atoms with Crippen LogP contribution in [0.25, 0.3) is 0 Å². The first-order chi connectivity index (χ1) is 8.58. The van der Waals surface area contributed by atoms with Gasteiger partial charge in [-0.3, -0.25) is 0 Å². The molecule has 0 unspecified atom stereocenters. The third-order valence-corrected chi connectivity index (χ3v) is 2.27. The van der Waals surface area contributed by atoms with Gasteiger partial charge in [0.1, 0.15) is 12.1 Å². The summed E-state index contributed by atoms with van der Waals surface area (Å²) in [7, 11) is 1.94. The molecule has 0 heterocycles. The van der Waals surface area contributed by atoms with Crippen molar-refractivity contribution in [1.29, 1.82) is 5.41 Å². The summed E-state index contributed by atoms with van der Waals surface area (Å²) in [5.74, 6) is 0.713. The van der Waals surface area contributed by atoms with Crippen molar-refractivity contribution < 1.29 is 4.84 Å². The Morgan fingerprint density at radius 2 is 2.17 bits per heavy atom. The summed E-state index contributed by atoms with van der Waals surface area (Å²) >= 11 is 0. The Hall–Kier alpha value is -1.91. The first-order valence-corrected chi connectivity index (χ1v) is 5.86. The second-order valence-corrected chi connectivity index (χ2v) is 3.71. The second kappa shape index (κ2) is 9.15. The Bertz CT molecular complexity index is 369. The van der Waals surface area contributed by atoms with Gasteiger partial charge in [-0.2, -0.15) is 0 Å². The molecule has 0 rings (SSSR count). The molecular weight excluding hydrogens is 228 g/mol. The van der Waals surface area contributed by atoms with E-state index in [-0.39, 0.29) is 0 Å². The smallest absolute Gasteiger partial charge is 0.132 e. The lowest BCUT2D eigenvalue weighted by atomic mass is 10.1. The number of oxime groups is 1. The standard InChI is InChI=1S/C13H22N4O/c1-6-9-17(5)13(15-4)11(3)12(14)8-10-18-16-7-2/h7-8,10,14H,4,6,9H2,1-3,5H3/b10-8+,13-11+,14-12?,16-7+. The van der Waals surface area contributed by atoms with E-state index in [0.717, 1.165) is 18.5 Å². The number of aliphatic imine (C=N–C) groups is 1. The van der Waals surface area contributed by atoms with Gasteiger partial charge in [0.2, 0.25) is 0 Å². The molecule has 0 atom stereocenters. The highest BCUT2D eigenvalue weighted by atomic mass is 16.6. The minimum absolute atomic E-state index is 0.326. The third kappa shape index (κ3) is 5.43. The highest BCUT2D eigenvalue weighted by molar-refractivity contribution is 6.06. The Kier molecular flexibility index (Phi) is 8.18. The fourth-order valence-corrected chi connectivity index (χ4v) is 1.41. The van der Waals surface area contributed by atoms with E-state index in [9.17, 15) is 0 Å². The van der Waals surface area contributed by atoms with Crippen molar-refractivity contribution in [2.75, 3.05) is 13.6 Å². The van der Waals surface area contributed by atoms with Crippen LogP contribution in [0.15, 0.2) is 33.9 Å². The minimum Gasteiger partial charge on any atom is -0.365 e. The zero-order valence-corrected chi connectivity index (χ0v) is 11.6. The molecule has 0 aromatic carbocycles. The van der Waals surface area contributed by atoms with Gasteiger partial charge in [-0.15, -0.1) is 0 Å². The molecule has 0 aromatic heterocycles. The van der Waals surface area contributed by atoms with Crippen molar-refractivity contribution in [2.45, 2.75) is 27.2 Å². The highest BCUT2D eigenvalue weighted by Crippen LogP contribution is 2.12. The summed E-state index contributed by atoms with van der Waals surface area (Å²) in [6, 6.07) is 0. The van der Waals surface area contributed by atoms with Crippen LogP contribution in [-0.2, 0) is 4.84 Å². The van der Waals surface area contributed by atoms with E-state index >= 15 is 0 Å². The predicted molar refractivity (Wildman–Crippen MR) is 77.3 cm³/mol. The summed E-state index contributed by atoms with van der Waals surface area (Å²) in [4.78, 5) is 10.8. The van der Waals surface area contributed by atoms with E-state index in [1.165, 1.54) is 18.6 Å². The van der Waals surface area contributed by atoms with E-state index in [1.807, 2.05) is 18.9 Å². The van der Waals surface area contributed by atoms with Crippen molar-refractivity contribution in [3.63, 3.8) is 0 Å². The van der Waals surface area contributed by atoms with Crippen LogP contribution >= 0.6 is 0 Å². The molecule has 18 heavy (non-hydrogen) atoms. The molecule has 0 aromatic rings. The maximum Gasteiger partial charge on any atom is 0.132 e. The number of allylic oxidation sites excluding steroid dienone is 2. The minimum atomic E-state index is 0.326. The number of hydrogen-bond donors (Lipinski definition) is 1. The Morgan fingerprint density at radius 3 is 2.67 bits per heavy atom. The number of hydrogen-bond acceptors (Lipinski definition) is 5. The first-order valence-electron chi connectivity index (χ1n) is 5.86. The van der Waals surface area contributed by atoms with Crippen LogP contribution in [0, 0.1) is 5.41 Å². The van der Waals surface area contributed by atoms with Crippen molar-refractivity contribution in [2.24, 2.45) is 10.1 Å². The molecule has 0 aliphatic carbocycles. The van der Waals surface area contributed by atoms with Crippen molar-refractivity contribution in [3.05, 3.63) is 23.7 Å². The Balaban J connectivity index is 4.83. The molecule has 0 radical (unpaired) electrons. The van der Waals surface area contributed by atoms with Gasteiger partial charge in [0.25, 0.3) is 0 Å². The summed E-state index contributed by atoms with van der Waals surface area (Å²) in [6.45, 7) is 10.1. The third-order valence-electron chi connectivity index (χ3n) is 2.27. The lowest BCUT2D eigenvalue weighted by molar-refractivity contribution is 0.270. The predicted octanol–water partition coefficient (Wildman–Crippen LogP) is 2.82. The number of nitrogens with one attached hydrogen (secondary N) is 1. The fourth-order valence-electron chi connectivity index (χ4n) is 1.41. The molecule has 1 N–H and O–H groups in total. The summed E-state index contributed by atoms with van der Waals surface area (Å²) in [5.41, 5.74) is 1.08. The monoisotopic (exact) mass is 250 g/mol. The molecule has 0 spiro atoms. The molecule has 0 saturated carbocycles. The number of nitrogens with zero attached hydrogens (tertiary/aromatic N) is 3. The second-order valence-electron chi connectivity index (χ2n) is 3.71. The highest BCUT2D eigenvalue weighted by Gasteiger charge is 2.08. The SMILES string of the molecule is C=N/C(=C(/C)C(=N)/C=C/O/N=C/C)N(C)CCC. The molecule has 0 fully saturated rings. The van der Waals surface area contributed by atoms with E-state index in [0.29, 0.717) is 11.5 Å². The zero-order valence-electron chi connectivity index (χ0n) is 11.6. The summed E-state index contributed by atoms with van der Waals surface area (Å²) in [6.07, 6.45) is 5.45. The quantitative estimate of drug-likeness (QED) is 0.409. The van der Waals surface area contributed by atoms with Crippen molar-refractivity contribution >= 4 is 18.6 Å². The van der Waals surface area contributed by atoms with E-state index in [2.05, 4.69) is 23.8 Å². The normalized spacial score (nSPS) is 12.7. The van der Waals surface area contributed by atoms with Crippen molar-refractivity contribution in [1.82, 2.24) is 4.90 Å². The molecule has 5 heteroatoms. The number of rotatable bonds is 8. The van der Waals surface area contributed by atoms with Gasteiger partial charge in [0.15, 0.2) is 0 Å². The van der Waals surface area contributed by atoms with E-state index < -0.39 is 0 Å². The molecule has 0 amide bonds. The van der Waals surface area contributed by atoms with Crippen LogP contribution < -0.4 is 0 Å². The average Bonchev–Trinajstić information content (AvgIpc) is 2.35. The molecule has 0 bridgehead atoms. The van der Waals surface area contributed by atoms with E-state index in [1.54, 1.807) is 6.92 Å². The van der Waals surface area contributed by atoms with Gasteiger partial charge in [-0.1, -0.05) is 12.1 Å². The largest absolute Gasteiger partial charge is 0.365 e. The molecule has 100 valence electrons. The molecule has 0 aliphatic rings. The lowest BCUT2D eigenvalue weighted by Crippen LogP contribution is -2.20. The van der Waals surface area contributed by atoms with Gasteiger partial charge in [0, 0.05) is 31.5 Å². The van der Waals surface area contributed by atoms with Crippen LogP contribution in [0.4, 0.5) is 0 Å². The van der Waals surface area contributed by atoms with Crippen LogP contribution in [0.3, 0.4) is 0 Å². The first kappa shape index (κ1) is 16.1. The van der Waals surface area contributed by atoms with Crippen LogP contribution in [-0.4, -0.2) is 37.1 Å². The fraction of sp³-hybridized carbons (Fsp3) is 0.462. The van der Waals surface area contributed by atoms with Gasteiger partial charge in [0.05, 0.1) is 5.71 Å². The summed E-state index contributed by atoms with van der Waals surface area (Å²) < 4.78 is 0. The average molecular weight is 250 g/mol. The molecular formula is C13H22N4O. The molecule has 0 aliphatic heterocycles. The van der Waals surface area contributed by atoms with Gasteiger partial charge < -0.3 is 15.1 Å². The van der Waals surface area contributed by atoms with Crippen molar-refractivity contribution in [3.8, 4) is 0 Å². The molecule has 0 saturated heterocycles. The van der Waals surface area contributed by atoms with E-state index in [4.69, 9.17) is 10.2 Å². The van der Waals surface area contributed by atoms with Crippen LogP contribution in [0.2, 0.25) is 0 Å². The molecule has 5 nitrogen and oxygen atoms in total. The maximum absolute atomic E-state index is 7.90. The van der Waals surface area contributed by atoms with Crippen LogP contribution in [0.5, 0.6) is 0 Å².